The van der Waals surface area contributed by atoms with Gasteiger partial charge in [0.1, 0.15) is 0 Å². The van der Waals surface area contributed by atoms with Gasteiger partial charge >= 0.3 is 0 Å². The molecule has 0 aromatic heterocycles. The number of carbonyl (C=O) groups excluding carboxylic acids is 2. The Morgan fingerprint density at radius 1 is 0.781 bits per heavy atom. The molecular formula is C27H29N3O2. The minimum absolute atomic E-state index is 0.108. The molecule has 1 aliphatic carbocycles. The number of fused-ring (bicyclic) bond motifs is 2. The average Bonchev–Trinajstić information content (AvgIpc) is 2.82. The monoisotopic (exact) mass is 427 g/mol. The largest absolute Gasteiger partial charge is 0.388 e. The van der Waals surface area contributed by atoms with Gasteiger partial charge in [-0.2, -0.15) is 0 Å². The standard InChI is InChI=1S/C27H29N3O2/c1-28-22-13-14-23(25-24(22)26(31)20-11-7-8-12-21(20)27(25)32)29-16-15-19(30(2)3)17-18-9-5-4-6-10-18/h4-14,19,28-29H,15-17H2,1-3H3. The molecule has 2 N–H and O–H groups in total. The van der Waals surface area contributed by atoms with Crippen LogP contribution in [0.15, 0.2) is 66.7 Å². The molecule has 4 rings (SSSR count). The molecule has 3 aromatic rings. The van der Waals surface area contributed by atoms with Crippen LogP contribution in [-0.4, -0.2) is 50.2 Å². The normalized spacial score (nSPS) is 13.5. The predicted octanol–water partition coefficient (Wildman–Crippen LogP) is 4.48. The second-order valence-electron chi connectivity index (χ2n) is 8.39. The van der Waals surface area contributed by atoms with E-state index in [1.807, 2.05) is 18.2 Å². The summed E-state index contributed by atoms with van der Waals surface area (Å²) in [7, 11) is 5.96. The van der Waals surface area contributed by atoms with E-state index >= 15 is 0 Å². The van der Waals surface area contributed by atoms with Gasteiger partial charge in [0.25, 0.3) is 0 Å². The highest BCUT2D eigenvalue weighted by Gasteiger charge is 2.33. The zero-order chi connectivity index (χ0) is 22.7. The van der Waals surface area contributed by atoms with E-state index in [1.165, 1.54) is 5.56 Å². The van der Waals surface area contributed by atoms with Crippen LogP contribution in [0, 0.1) is 0 Å². The van der Waals surface area contributed by atoms with Crippen molar-refractivity contribution in [2.75, 3.05) is 38.3 Å². The minimum Gasteiger partial charge on any atom is -0.388 e. The molecule has 5 nitrogen and oxygen atoms in total. The summed E-state index contributed by atoms with van der Waals surface area (Å²) in [4.78, 5) is 28.8. The Kier molecular flexibility index (Phi) is 6.37. The molecule has 32 heavy (non-hydrogen) atoms. The molecule has 0 saturated heterocycles. The van der Waals surface area contributed by atoms with Gasteiger partial charge in [0.05, 0.1) is 11.1 Å². The van der Waals surface area contributed by atoms with Crippen LogP contribution in [0.3, 0.4) is 0 Å². The minimum atomic E-state index is -0.113. The molecule has 0 amide bonds. The molecule has 1 aliphatic rings. The SMILES string of the molecule is CNc1ccc(NCCC(Cc2ccccc2)N(C)C)c2c1C(=O)c1ccccc1C2=O. The molecule has 0 heterocycles. The number of nitrogens with one attached hydrogen (secondary N) is 2. The first-order chi connectivity index (χ1) is 15.5. The lowest BCUT2D eigenvalue weighted by Crippen LogP contribution is -2.32. The maximum atomic E-state index is 13.4. The molecule has 1 unspecified atom stereocenters. The predicted molar refractivity (Wildman–Crippen MR) is 130 cm³/mol. The van der Waals surface area contributed by atoms with E-state index in [2.05, 4.69) is 53.9 Å². The highest BCUT2D eigenvalue weighted by atomic mass is 16.1. The molecule has 0 radical (unpaired) electrons. The summed E-state index contributed by atoms with van der Waals surface area (Å²) in [6.45, 7) is 0.699. The van der Waals surface area contributed by atoms with Crippen molar-refractivity contribution in [1.29, 1.82) is 0 Å². The molecule has 0 fully saturated rings. The first kappa shape index (κ1) is 21.8. The van der Waals surface area contributed by atoms with Gasteiger partial charge in [-0.3, -0.25) is 9.59 Å². The van der Waals surface area contributed by atoms with Crippen molar-refractivity contribution < 1.29 is 9.59 Å². The van der Waals surface area contributed by atoms with Crippen molar-refractivity contribution in [1.82, 2.24) is 4.90 Å². The van der Waals surface area contributed by atoms with Gasteiger partial charge in [0, 0.05) is 42.1 Å². The topological polar surface area (TPSA) is 61.4 Å². The maximum absolute atomic E-state index is 13.4. The van der Waals surface area contributed by atoms with Crippen molar-refractivity contribution in [2.45, 2.75) is 18.9 Å². The van der Waals surface area contributed by atoms with Crippen molar-refractivity contribution in [3.8, 4) is 0 Å². The zero-order valence-corrected chi connectivity index (χ0v) is 18.8. The first-order valence-corrected chi connectivity index (χ1v) is 11.0. The van der Waals surface area contributed by atoms with Crippen molar-refractivity contribution in [3.63, 3.8) is 0 Å². The third-order valence-electron chi connectivity index (χ3n) is 6.18. The van der Waals surface area contributed by atoms with Gasteiger partial charge in [-0.1, -0.05) is 54.6 Å². The fourth-order valence-corrected chi connectivity index (χ4v) is 4.38. The van der Waals surface area contributed by atoms with E-state index in [9.17, 15) is 9.59 Å². The molecule has 0 aliphatic heterocycles. The molecule has 0 saturated carbocycles. The molecule has 1 atom stereocenters. The first-order valence-electron chi connectivity index (χ1n) is 11.0. The van der Waals surface area contributed by atoms with Gasteiger partial charge in [-0.15, -0.1) is 0 Å². The van der Waals surface area contributed by atoms with Crippen LogP contribution in [-0.2, 0) is 6.42 Å². The molecule has 0 bridgehead atoms. The number of ketones is 2. The lowest BCUT2D eigenvalue weighted by molar-refractivity contribution is 0.0980. The summed E-state index contributed by atoms with van der Waals surface area (Å²) >= 11 is 0. The van der Waals surface area contributed by atoms with Gasteiger partial charge < -0.3 is 15.5 Å². The van der Waals surface area contributed by atoms with Gasteiger partial charge in [0.2, 0.25) is 0 Å². The summed E-state index contributed by atoms with van der Waals surface area (Å²) in [5.74, 6) is -0.221. The lowest BCUT2D eigenvalue weighted by Gasteiger charge is -2.26. The van der Waals surface area contributed by atoms with Crippen LogP contribution in [0.25, 0.3) is 0 Å². The number of hydrogen-bond donors (Lipinski definition) is 2. The molecule has 164 valence electrons. The fourth-order valence-electron chi connectivity index (χ4n) is 4.38. The Bertz CT molecular complexity index is 1140. The second kappa shape index (κ2) is 9.37. The Morgan fingerprint density at radius 2 is 1.34 bits per heavy atom. The van der Waals surface area contributed by atoms with Gasteiger partial charge in [0.15, 0.2) is 11.6 Å². The summed E-state index contributed by atoms with van der Waals surface area (Å²) in [6, 6.07) is 21.6. The van der Waals surface area contributed by atoms with Crippen molar-refractivity contribution >= 4 is 22.9 Å². The molecule has 3 aromatic carbocycles. The van der Waals surface area contributed by atoms with E-state index < -0.39 is 0 Å². The van der Waals surface area contributed by atoms with E-state index in [-0.39, 0.29) is 11.6 Å². The summed E-state index contributed by atoms with van der Waals surface area (Å²) < 4.78 is 0. The second-order valence-corrected chi connectivity index (χ2v) is 8.39. The molecule has 5 heteroatoms. The number of nitrogens with zero attached hydrogens (tertiary/aromatic N) is 1. The van der Waals surface area contributed by atoms with Gasteiger partial charge in [-0.25, -0.2) is 0 Å². The van der Waals surface area contributed by atoms with Crippen LogP contribution < -0.4 is 10.6 Å². The number of anilines is 2. The van der Waals surface area contributed by atoms with Gasteiger partial charge in [-0.05, 0) is 44.6 Å². The van der Waals surface area contributed by atoms with Crippen molar-refractivity contribution in [3.05, 3.63) is 94.5 Å². The third kappa shape index (κ3) is 4.16. The summed E-state index contributed by atoms with van der Waals surface area (Å²) in [5, 5.41) is 6.52. The Labute approximate surface area is 189 Å². The maximum Gasteiger partial charge on any atom is 0.196 e. The van der Waals surface area contributed by atoms with Crippen LogP contribution in [0.4, 0.5) is 11.4 Å². The van der Waals surface area contributed by atoms with E-state index in [1.54, 1.807) is 31.3 Å². The third-order valence-corrected chi connectivity index (χ3v) is 6.18. The fraction of sp³-hybridized carbons (Fsp3) is 0.259. The number of hydrogen-bond acceptors (Lipinski definition) is 5. The van der Waals surface area contributed by atoms with E-state index in [0.29, 0.717) is 46.2 Å². The van der Waals surface area contributed by atoms with Crippen molar-refractivity contribution in [2.24, 2.45) is 0 Å². The zero-order valence-electron chi connectivity index (χ0n) is 18.8. The number of likely N-dealkylation sites (N-methyl/N-ethyl adjacent to an activating group) is 1. The van der Waals surface area contributed by atoms with Crippen LogP contribution in [0.1, 0.15) is 43.8 Å². The number of rotatable bonds is 8. The highest BCUT2D eigenvalue weighted by Crippen LogP contribution is 2.36. The number of benzene rings is 3. The lowest BCUT2D eigenvalue weighted by atomic mass is 9.82. The Balaban J connectivity index is 1.57. The Morgan fingerprint density at radius 3 is 1.94 bits per heavy atom. The summed E-state index contributed by atoms with van der Waals surface area (Å²) in [6.07, 6.45) is 1.86. The smallest absolute Gasteiger partial charge is 0.196 e. The molecular weight excluding hydrogens is 398 g/mol. The van der Waals surface area contributed by atoms with E-state index in [0.717, 1.165) is 12.8 Å². The average molecular weight is 428 g/mol. The van der Waals surface area contributed by atoms with Crippen LogP contribution >= 0.6 is 0 Å². The molecule has 0 spiro atoms. The van der Waals surface area contributed by atoms with E-state index in [4.69, 9.17) is 0 Å². The number of carbonyl (C=O) groups is 2. The Hall–Kier alpha value is -3.44. The highest BCUT2D eigenvalue weighted by molar-refractivity contribution is 6.31. The van der Waals surface area contributed by atoms with Crippen LogP contribution in [0.2, 0.25) is 0 Å². The quantitative estimate of drug-likeness (QED) is 0.434. The summed E-state index contributed by atoms with van der Waals surface area (Å²) in [5.41, 5.74) is 4.54. The van der Waals surface area contributed by atoms with Crippen LogP contribution in [0.5, 0.6) is 0 Å².